The third kappa shape index (κ3) is 2.88. The molecule has 0 amide bonds. The van der Waals surface area contributed by atoms with E-state index < -0.39 is 5.79 Å². The molecule has 0 bridgehead atoms. The SMILES string of the molecule is Cc1nc(/C=C/c2ccccn2)c(C)c2c1OC(C)(C)OC2. The molecule has 0 unspecified atom stereocenters. The van der Waals surface area contributed by atoms with Crippen molar-refractivity contribution in [3.63, 3.8) is 0 Å². The zero-order valence-electron chi connectivity index (χ0n) is 13.4. The lowest BCUT2D eigenvalue weighted by Crippen LogP contribution is -2.36. The van der Waals surface area contributed by atoms with Crippen molar-refractivity contribution >= 4 is 12.2 Å². The summed E-state index contributed by atoms with van der Waals surface area (Å²) in [6.07, 6.45) is 5.74. The average molecular weight is 296 g/mol. The minimum absolute atomic E-state index is 0.544. The van der Waals surface area contributed by atoms with Crippen LogP contribution in [-0.2, 0) is 11.3 Å². The Kier molecular flexibility index (Phi) is 3.71. The Labute approximate surface area is 130 Å². The van der Waals surface area contributed by atoms with Gasteiger partial charge in [-0.1, -0.05) is 6.07 Å². The molecule has 0 N–H and O–H groups in total. The van der Waals surface area contributed by atoms with Gasteiger partial charge in [-0.2, -0.15) is 0 Å². The highest BCUT2D eigenvalue weighted by atomic mass is 16.7. The number of hydrogen-bond donors (Lipinski definition) is 0. The van der Waals surface area contributed by atoms with Crippen LogP contribution < -0.4 is 4.74 Å². The summed E-state index contributed by atoms with van der Waals surface area (Å²) in [5.41, 5.74) is 4.88. The Morgan fingerprint density at radius 2 is 2.00 bits per heavy atom. The first-order chi connectivity index (χ1) is 10.5. The van der Waals surface area contributed by atoms with Gasteiger partial charge in [0.25, 0.3) is 0 Å². The molecular formula is C18H20N2O2. The van der Waals surface area contributed by atoms with Crippen molar-refractivity contribution in [2.24, 2.45) is 0 Å². The largest absolute Gasteiger partial charge is 0.461 e. The number of aryl methyl sites for hydroxylation is 1. The molecule has 2 aromatic rings. The topological polar surface area (TPSA) is 44.2 Å². The van der Waals surface area contributed by atoms with E-state index in [2.05, 4.69) is 16.9 Å². The van der Waals surface area contributed by atoms with Gasteiger partial charge in [-0.3, -0.25) is 4.98 Å². The summed E-state index contributed by atoms with van der Waals surface area (Å²) in [5.74, 6) is 0.251. The lowest BCUT2D eigenvalue weighted by Gasteiger charge is -2.34. The van der Waals surface area contributed by atoms with Crippen molar-refractivity contribution in [1.82, 2.24) is 9.97 Å². The summed E-state index contributed by atoms with van der Waals surface area (Å²) < 4.78 is 11.7. The van der Waals surface area contributed by atoms with Crippen molar-refractivity contribution in [1.29, 1.82) is 0 Å². The molecule has 0 radical (unpaired) electrons. The first kappa shape index (κ1) is 14.7. The van der Waals surface area contributed by atoms with E-state index in [1.54, 1.807) is 6.20 Å². The molecule has 4 heteroatoms. The number of hydrogen-bond acceptors (Lipinski definition) is 4. The molecule has 0 fully saturated rings. The fourth-order valence-corrected chi connectivity index (χ4v) is 2.49. The van der Waals surface area contributed by atoms with Crippen molar-refractivity contribution in [3.05, 3.63) is 52.6 Å². The monoisotopic (exact) mass is 296 g/mol. The molecule has 0 aliphatic carbocycles. The fraction of sp³-hybridized carbons (Fsp3) is 0.333. The Morgan fingerprint density at radius 3 is 2.73 bits per heavy atom. The van der Waals surface area contributed by atoms with Gasteiger partial charge in [-0.05, 0) is 43.7 Å². The lowest BCUT2D eigenvalue weighted by atomic mass is 10.0. The van der Waals surface area contributed by atoms with E-state index in [4.69, 9.17) is 9.47 Å². The maximum atomic E-state index is 5.93. The summed E-state index contributed by atoms with van der Waals surface area (Å²) in [5, 5.41) is 0. The second-order valence-electron chi connectivity index (χ2n) is 5.89. The normalized spacial score (nSPS) is 16.4. The molecule has 3 rings (SSSR count). The van der Waals surface area contributed by atoms with Crippen molar-refractivity contribution in [3.8, 4) is 5.75 Å². The zero-order valence-corrected chi connectivity index (χ0v) is 13.4. The molecular weight excluding hydrogens is 276 g/mol. The van der Waals surface area contributed by atoms with Crippen LogP contribution in [0.3, 0.4) is 0 Å². The van der Waals surface area contributed by atoms with Gasteiger partial charge in [0.1, 0.15) is 5.75 Å². The smallest absolute Gasteiger partial charge is 0.205 e. The quantitative estimate of drug-likeness (QED) is 0.843. The van der Waals surface area contributed by atoms with Gasteiger partial charge in [0.05, 0.1) is 23.7 Å². The first-order valence-electron chi connectivity index (χ1n) is 7.38. The highest BCUT2D eigenvalue weighted by Gasteiger charge is 2.30. The van der Waals surface area contributed by atoms with Crippen LogP contribution in [0.2, 0.25) is 0 Å². The second-order valence-corrected chi connectivity index (χ2v) is 5.89. The summed E-state index contributed by atoms with van der Waals surface area (Å²) >= 11 is 0. The highest BCUT2D eigenvalue weighted by Crippen LogP contribution is 2.36. The molecule has 4 nitrogen and oxygen atoms in total. The molecule has 1 aliphatic heterocycles. The number of aromatic nitrogens is 2. The van der Waals surface area contributed by atoms with Crippen LogP contribution in [0.5, 0.6) is 5.75 Å². The fourth-order valence-electron chi connectivity index (χ4n) is 2.49. The molecule has 0 aromatic carbocycles. The third-order valence-electron chi connectivity index (χ3n) is 3.74. The van der Waals surface area contributed by atoms with E-state index in [0.717, 1.165) is 34.0 Å². The Bertz CT molecular complexity index is 722. The number of pyridine rings is 2. The number of nitrogens with zero attached hydrogens (tertiary/aromatic N) is 2. The van der Waals surface area contributed by atoms with Crippen molar-refractivity contribution in [2.75, 3.05) is 0 Å². The standard InChI is InChI=1S/C18H20N2O2/c1-12-15-11-21-18(3,4)22-17(15)13(2)20-16(12)9-8-14-7-5-6-10-19-14/h5-10H,11H2,1-4H3/b9-8+. The van der Waals surface area contributed by atoms with Crippen molar-refractivity contribution in [2.45, 2.75) is 40.1 Å². The molecule has 0 saturated carbocycles. The Hall–Kier alpha value is -2.20. The minimum atomic E-state index is -0.600. The summed E-state index contributed by atoms with van der Waals surface area (Å²) in [6, 6.07) is 5.83. The van der Waals surface area contributed by atoms with E-state index in [1.807, 2.05) is 51.1 Å². The number of ether oxygens (including phenoxy) is 2. The molecule has 2 aromatic heterocycles. The van der Waals surface area contributed by atoms with Gasteiger partial charge in [-0.25, -0.2) is 4.98 Å². The summed E-state index contributed by atoms with van der Waals surface area (Å²) in [4.78, 5) is 8.96. The molecule has 22 heavy (non-hydrogen) atoms. The van der Waals surface area contributed by atoms with E-state index in [0.29, 0.717) is 6.61 Å². The van der Waals surface area contributed by atoms with Crippen LogP contribution in [0.15, 0.2) is 24.4 Å². The highest BCUT2D eigenvalue weighted by molar-refractivity contribution is 5.69. The van der Waals surface area contributed by atoms with Crippen molar-refractivity contribution < 1.29 is 9.47 Å². The summed E-state index contributed by atoms with van der Waals surface area (Å²) in [7, 11) is 0. The maximum absolute atomic E-state index is 5.93. The Morgan fingerprint density at radius 1 is 1.18 bits per heavy atom. The van der Waals surface area contributed by atoms with Gasteiger partial charge in [-0.15, -0.1) is 0 Å². The van der Waals surface area contributed by atoms with Gasteiger partial charge >= 0.3 is 0 Å². The molecule has 3 heterocycles. The molecule has 0 saturated heterocycles. The van der Waals surface area contributed by atoms with E-state index >= 15 is 0 Å². The van der Waals surface area contributed by atoms with E-state index in [9.17, 15) is 0 Å². The van der Waals surface area contributed by atoms with Gasteiger partial charge in [0.2, 0.25) is 5.79 Å². The van der Waals surface area contributed by atoms with Gasteiger partial charge in [0, 0.05) is 25.6 Å². The second kappa shape index (κ2) is 5.54. The van der Waals surface area contributed by atoms with Crippen LogP contribution in [0.25, 0.3) is 12.2 Å². The maximum Gasteiger partial charge on any atom is 0.205 e. The van der Waals surface area contributed by atoms with E-state index in [1.165, 1.54) is 0 Å². The van der Waals surface area contributed by atoms with Crippen LogP contribution in [0.4, 0.5) is 0 Å². The van der Waals surface area contributed by atoms with Crippen LogP contribution >= 0.6 is 0 Å². The Balaban J connectivity index is 1.98. The van der Waals surface area contributed by atoms with E-state index in [-0.39, 0.29) is 0 Å². The number of rotatable bonds is 2. The average Bonchev–Trinajstić information content (AvgIpc) is 2.49. The van der Waals surface area contributed by atoms with Crippen LogP contribution in [0.1, 0.15) is 42.1 Å². The first-order valence-corrected chi connectivity index (χ1v) is 7.38. The van der Waals surface area contributed by atoms with Crippen LogP contribution in [0, 0.1) is 13.8 Å². The van der Waals surface area contributed by atoms with Gasteiger partial charge in [0.15, 0.2) is 0 Å². The summed E-state index contributed by atoms with van der Waals surface area (Å²) in [6.45, 7) is 8.40. The molecule has 114 valence electrons. The predicted molar refractivity (Wildman–Crippen MR) is 86.4 cm³/mol. The van der Waals surface area contributed by atoms with Crippen LogP contribution in [-0.4, -0.2) is 15.8 Å². The minimum Gasteiger partial charge on any atom is -0.461 e. The van der Waals surface area contributed by atoms with Gasteiger partial charge < -0.3 is 9.47 Å². The third-order valence-corrected chi connectivity index (χ3v) is 3.74. The molecule has 1 aliphatic rings. The lowest BCUT2D eigenvalue weighted by molar-refractivity contribution is -0.180. The predicted octanol–water partition coefficient (Wildman–Crippen LogP) is 3.91. The molecule has 0 atom stereocenters. The molecule has 0 spiro atoms. The number of fused-ring (bicyclic) bond motifs is 1. The zero-order chi connectivity index (χ0) is 15.7.